The Labute approximate surface area is 200 Å². The van der Waals surface area contributed by atoms with Crippen molar-refractivity contribution in [1.82, 2.24) is 0 Å². The fraction of sp³-hybridized carbons (Fsp3) is 0.944. The largest absolute Gasteiger partial charge is 1.00 e. The summed E-state index contributed by atoms with van der Waals surface area (Å²) < 4.78 is 31.6. The molecule has 0 spiro atoms. The Morgan fingerprint density at radius 2 is 0.926 bits per heavy atom. The van der Waals surface area contributed by atoms with Crippen molar-refractivity contribution in [1.29, 1.82) is 0 Å². The van der Waals surface area contributed by atoms with Gasteiger partial charge in [-0.1, -0.05) is 96.8 Å². The molecule has 9 heteroatoms. The Balaban J connectivity index is -0.000000195. The molecule has 27 heavy (non-hydrogen) atoms. The van der Waals surface area contributed by atoms with Gasteiger partial charge in [-0.05, 0) is 6.42 Å². The van der Waals surface area contributed by atoms with Gasteiger partial charge >= 0.3 is 45.9 Å². The van der Waals surface area contributed by atoms with E-state index in [-0.39, 0.29) is 48.3 Å². The minimum absolute atomic E-state index is 0. The SMILES string of the molecule is CCCCCCCCCCCCCCCCCC(=O)O.O=S(=O)(O)O.[AlH3].[H-].[Na+]. The summed E-state index contributed by atoms with van der Waals surface area (Å²) in [5, 5.41) is 8.52. The molecule has 0 aliphatic heterocycles. The van der Waals surface area contributed by atoms with Gasteiger partial charge in [-0.15, -0.1) is 0 Å². The van der Waals surface area contributed by atoms with Crippen molar-refractivity contribution in [3.05, 3.63) is 0 Å². The number of carbonyl (C=O) groups is 1. The molecule has 3 N–H and O–H groups in total. The summed E-state index contributed by atoms with van der Waals surface area (Å²) in [5.41, 5.74) is 0. The van der Waals surface area contributed by atoms with Gasteiger partial charge in [0.2, 0.25) is 0 Å². The maximum atomic E-state index is 10.3. The van der Waals surface area contributed by atoms with Gasteiger partial charge in [-0.2, -0.15) is 8.42 Å². The van der Waals surface area contributed by atoms with Gasteiger partial charge in [0.1, 0.15) is 0 Å². The molecule has 0 saturated heterocycles. The van der Waals surface area contributed by atoms with Gasteiger partial charge < -0.3 is 6.53 Å². The van der Waals surface area contributed by atoms with Crippen LogP contribution >= 0.6 is 0 Å². The first-order valence-corrected chi connectivity index (χ1v) is 11.1. The van der Waals surface area contributed by atoms with Crippen LogP contribution < -0.4 is 29.6 Å². The number of carboxylic acid groups (broad SMARTS) is 1. The number of carboxylic acids is 1. The summed E-state index contributed by atoms with van der Waals surface area (Å²) >= 11 is 0. The van der Waals surface area contributed by atoms with Crippen LogP contribution in [0, 0.1) is 0 Å². The molecule has 0 fully saturated rings. The van der Waals surface area contributed by atoms with Crippen molar-refractivity contribution in [2.24, 2.45) is 0 Å². The van der Waals surface area contributed by atoms with E-state index in [1.807, 2.05) is 0 Å². The van der Waals surface area contributed by atoms with Crippen molar-refractivity contribution in [2.75, 3.05) is 0 Å². The zero-order chi connectivity index (χ0) is 19.4. The van der Waals surface area contributed by atoms with E-state index in [1.54, 1.807) is 0 Å². The van der Waals surface area contributed by atoms with Crippen LogP contribution in [0.5, 0.6) is 0 Å². The number of unbranched alkanes of at least 4 members (excludes halogenated alkanes) is 14. The molecule has 0 aromatic carbocycles. The summed E-state index contributed by atoms with van der Waals surface area (Å²) in [6.07, 6.45) is 20.2. The summed E-state index contributed by atoms with van der Waals surface area (Å²) in [7, 11) is -4.67. The van der Waals surface area contributed by atoms with E-state index in [0.717, 1.165) is 12.8 Å². The van der Waals surface area contributed by atoms with Crippen molar-refractivity contribution in [2.45, 2.75) is 110 Å². The van der Waals surface area contributed by atoms with Gasteiger partial charge in [0.05, 0.1) is 0 Å². The van der Waals surface area contributed by atoms with E-state index < -0.39 is 16.4 Å². The Morgan fingerprint density at radius 1 is 0.704 bits per heavy atom. The van der Waals surface area contributed by atoms with E-state index in [4.69, 9.17) is 22.6 Å². The van der Waals surface area contributed by atoms with Gasteiger partial charge in [0, 0.05) is 6.42 Å². The molecule has 0 saturated carbocycles. The molecular formula is C18H42AlNaO6S. The normalized spacial score (nSPS) is 10.2. The maximum Gasteiger partial charge on any atom is 1.00 e. The molecule has 160 valence electrons. The van der Waals surface area contributed by atoms with E-state index in [2.05, 4.69) is 6.92 Å². The Morgan fingerprint density at radius 3 is 1.15 bits per heavy atom. The van der Waals surface area contributed by atoms with Crippen molar-refractivity contribution in [3.63, 3.8) is 0 Å². The summed E-state index contributed by atoms with van der Waals surface area (Å²) in [6, 6.07) is 0. The average Bonchev–Trinajstić information content (AvgIpc) is 2.49. The Kier molecular flexibility index (Phi) is 35.2. The van der Waals surface area contributed by atoms with Gasteiger partial charge in [0.15, 0.2) is 17.4 Å². The molecule has 0 heterocycles. The third kappa shape index (κ3) is 52.0. The molecule has 0 aliphatic carbocycles. The third-order valence-corrected chi connectivity index (χ3v) is 3.99. The zero-order valence-electron chi connectivity index (χ0n) is 17.8. The molecule has 0 amide bonds. The summed E-state index contributed by atoms with van der Waals surface area (Å²) in [6.45, 7) is 2.27. The molecule has 0 unspecified atom stereocenters. The van der Waals surface area contributed by atoms with Gasteiger partial charge in [-0.25, -0.2) is 0 Å². The monoisotopic (exact) mass is 436 g/mol. The third-order valence-electron chi connectivity index (χ3n) is 3.99. The minimum Gasteiger partial charge on any atom is -1.00 e. The van der Waals surface area contributed by atoms with E-state index in [1.165, 1.54) is 83.5 Å². The molecule has 0 bridgehead atoms. The van der Waals surface area contributed by atoms with Crippen LogP contribution in [0.25, 0.3) is 0 Å². The Bertz CT molecular complexity index is 392. The molecule has 0 rings (SSSR count). The standard InChI is InChI=1S/C18H36O2.Al.Na.H2O4S.4H/c1-2-3-4-5-6-7-8-9-10-11-12-13-14-15-16-17-18(19)20;;;1-5(2,3)4;;;;/h2-17H2,1H3,(H,19,20);;;(H2,1,2,3,4);;;;/q;;+1;;;;;-1. The number of rotatable bonds is 16. The van der Waals surface area contributed by atoms with Gasteiger partial charge in [0.25, 0.3) is 0 Å². The zero-order valence-corrected chi connectivity index (χ0v) is 19.6. The summed E-state index contributed by atoms with van der Waals surface area (Å²) in [4.78, 5) is 10.3. The van der Waals surface area contributed by atoms with E-state index in [0.29, 0.717) is 6.42 Å². The fourth-order valence-corrected chi connectivity index (χ4v) is 2.65. The number of hydrogen-bond donors (Lipinski definition) is 3. The van der Waals surface area contributed by atoms with Crippen LogP contribution in [-0.4, -0.2) is 46.0 Å². The molecular weight excluding hydrogens is 394 g/mol. The van der Waals surface area contributed by atoms with Gasteiger partial charge in [-0.3, -0.25) is 13.9 Å². The molecule has 0 aromatic heterocycles. The first-order chi connectivity index (χ1) is 11.8. The average molecular weight is 437 g/mol. The van der Waals surface area contributed by atoms with Crippen LogP contribution in [-0.2, 0) is 15.2 Å². The van der Waals surface area contributed by atoms with Crippen molar-refractivity contribution in [3.8, 4) is 0 Å². The number of hydrogen-bond acceptors (Lipinski definition) is 3. The molecule has 0 atom stereocenters. The minimum atomic E-state index is -4.67. The molecule has 6 nitrogen and oxygen atoms in total. The van der Waals surface area contributed by atoms with Crippen LogP contribution in [0.1, 0.15) is 111 Å². The second-order valence-corrected chi connectivity index (χ2v) is 7.44. The van der Waals surface area contributed by atoms with Crippen molar-refractivity contribution >= 4 is 33.7 Å². The quantitative estimate of drug-likeness (QED) is 0.193. The first kappa shape index (κ1) is 35.3. The van der Waals surface area contributed by atoms with Crippen molar-refractivity contribution < 1.29 is 58.4 Å². The molecule has 0 aliphatic rings. The summed E-state index contributed by atoms with van der Waals surface area (Å²) in [5.74, 6) is -0.653. The molecule has 0 radical (unpaired) electrons. The second kappa shape index (κ2) is 26.9. The Hall–Kier alpha value is 0.872. The van der Waals surface area contributed by atoms with Crippen LogP contribution in [0.15, 0.2) is 0 Å². The van der Waals surface area contributed by atoms with Crippen LogP contribution in [0.4, 0.5) is 0 Å². The van der Waals surface area contributed by atoms with E-state index in [9.17, 15) is 4.79 Å². The predicted octanol–water partition coefficient (Wildman–Crippen LogP) is 1.61. The maximum absolute atomic E-state index is 10.3. The van der Waals surface area contributed by atoms with Crippen LogP contribution in [0.3, 0.4) is 0 Å². The van der Waals surface area contributed by atoms with Crippen LogP contribution in [0.2, 0.25) is 0 Å². The fourth-order valence-electron chi connectivity index (χ4n) is 2.65. The number of aliphatic carboxylic acids is 1. The molecule has 0 aromatic rings. The predicted molar refractivity (Wildman–Crippen MR) is 112 cm³/mol. The van der Waals surface area contributed by atoms with E-state index >= 15 is 0 Å². The smallest absolute Gasteiger partial charge is 1.00 e. The second-order valence-electron chi connectivity index (χ2n) is 6.54. The first-order valence-electron chi connectivity index (χ1n) is 9.69. The topological polar surface area (TPSA) is 112 Å².